The number of aromatic nitrogens is 1. The van der Waals surface area contributed by atoms with Gasteiger partial charge in [0.2, 0.25) is 0 Å². The lowest BCUT2D eigenvalue weighted by molar-refractivity contribution is 0.425. The fourth-order valence-electron chi connectivity index (χ4n) is 1.14. The van der Waals surface area contributed by atoms with Crippen molar-refractivity contribution in [1.82, 2.24) is 4.98 Å². The van der Waals surface area contributed by atoms with Crippen molar-refractivity contribution in [2.45, 2.75) is 5.03 Å². The summed E-state index contributed by atoms with van der Waals surface area (Å²) in [5, 5.41) is 0.869. The SMILES string of the molecule is C=CC1=C(C=C)Sc2ncccc2O1. The largest absolute Gasteiger partial charge is 0.453 e. The van der Waals surface area contributed by atoms with Gasteiger partial charge in [-0.25, -0.2) is 4.98 Å². The molecule has 0 aromatic carbocycles. The average molecular weight is 203 g/mol. The lowest BCUT2D eigenvalue weighted by atomic mass is 10.4. The van der Waals surface area contributed by atoms with Gasteiger partial charge in [0, 0.05) is 6.20 Å². The molecule has 3 heteroatoms. The second-order valence-corrected chi connectivity index (χ2v) is 3.68. The molecule has 0 atom stereocenters. The Bertz CT molecular complexity index is 384. The van der Waals surface area contributed by atoms with E-state index < -0.39 is 0 Å². The maximum Gasteiger partial charge on any atom is 0.160 e. The molecule has 1 aromatic heterocycles. The van der Waals surface area contributed by atoms with Gasteiger partial charge < -0.3 is 4.74 Å². The lowest BCUT2D eigenvalue weighted by Gasteiger charge is -2.17. The van der Waals surface area contributed by atoms with Crippen molar-refractivity contribution >= 4 is 11.8 Å². The number of thioether (sulfide) groups is 1. The standard InChI is InChI=1S/C11H9NOS/c1-3-8-10(4-2)14-11-9(13-8)6-5-7-12-11/h3-7H,1-2H2. The highest BCUT2D eigenvalue weighted by molar-refractivity contribution is 8.03. The average Bonchev–Trinajstić information content (AvgIpc) is 2.27. The number of ether oxygens (including phenoxy) is 1. The first-order chi connectivity index (χ1) is 6.85. The second-order valence-electron chi connectivity index (χ2n) is 2.65. The van der Waals surface area contributed by atoms with Crippen LogP contribution in [-0.4, -0.2) is 4.98 Å². The van der Waals surface area contributed by atoms with Gasteiger partial charge in [-0.3, -0.25) is 0 Å². The normalized spacial score (nSPS) is 14.3. The van der Waals surface area contributed by atoms with E-state index >= 15 is 0 Å². The highest BCUT2D eigenvalue weighted by Gasteiger charge is 2.17. The third kappa shape index (κ3) is 1.46. The van der Waals surface area contributed by atoms with E-state index in [4.69, 9.17) is 4.74 Å². The predicted molar refractivity (Wildman–Crippen MR) is 58.1 cm³/mol. The van der Waals surface area contributed by atoms with Crippen LogP contribution >= 0.6 is 11.8 Å². The second kappa shape index (κ2) is 3.72. The molecule has 70 valence electrons. The smallest absolute Gasteiger partial charge is 0.160 e. The van der Waals surface area contributed by atoms with E-state index in [9.17, 15) is 0 Å². The van der Waals surface area contributed by atoms with Crippen LogP contribution in [0.25, 0.3) is 0 Å². The van der Waals surface area contributed by atoms with E-state index in [1.165, 1.54) is 0 Å². The summed E-state index contributed by atoms with van der Waals surface area (Å²) >= 11 is 1.54. The third-order valence-corrected chi connectivity index (χ3v) is 2.86. The minimum Gasteiger partial charge on any atom is -0.453 e. The monoisotopic (exact) mass is 203 g/mol. The third-order valence-electron chi connectivity index (χ3n) is 1.78. The van der Waals surface area contributed by atoms with Crippen LogP contribution in [0.2, 0.25) is 0 Å². The topological polar surface area (TPSA) is 22.1 Å². The van der Waals surface area contributed by atoms with Crippen LogP contribution in [0.15, 0.2) is 59.3 Å². The highest BCUT2D eigenvalue weighted by Crippen LogP contribution is 2.40. The van der Waals surface area contributed by atoms with E-state index in [0.717, 1.165) is 21.4 Å². The van der Waals surface area contributed by atoms with Gasteiger partial charge in [-0.05, 0) is 18.2 Å². The maximum absolute atomic E-state index is 5.59. The minimum absolute atomic E-state index is 0.741. The molecule has 0 fully saturated rings. The number of hydrogen-bond acceptors (Lipinski definition) is 3. The maximum atomic E-state index is 5.59. The Balaban J connectivity index is 2.45. The van der Waals surface area contributed by atoms with Crippen molar-refractivity contribution in [3.05, 3.63) is 54.3 Å². The summed E-state index contributed by atoms with van der Waals surface area (Å²) < 4.78 is 5.59. The van der Waals surface area contributed by atoms with Gasteiger partial charge in [0.15, 0.2) is 5.75 Å². The molecule has 1 aliphatic heterocycles. The minimum atomic E-state index is 0.741. The molecule has 0 amide bonds. The van der Waals surface area contributed by atoms with Crippen LogP contribution < -0.4 is 4.74 Å². The summed E-state index contributed by atoms with van der Waals surface area (Å²) in [7, 11) is 0. The number of allylic oxidation sites excluding steroid dienone is 2. The van der Waals surface area contributed by atoms with Gasteiger partial charge >= 0.3 is 0 Å². The molecule has 1 aromatic rings. The van der Waals surface area contributed by atoms with E-state index in [2.05, 4.69) is 18.1 Å². The fourth-order valence-corrected chi connectivity index (χ4v) is 1.98. The quantitative estimate of drug-likeness (QED) is 0.737. The van der Waals surface area contributed by atoms with E-state index in [1.54, 1.807) is 30.1 Å². The zero-order valence-corrected chi connectivity index (χ0v) is 8.38. The number of hydrogen-bond donors (Lipinski definition) is 0. The van der Waals surface area contributed by atoms with Crippen molar-refractivity contribution in [2.24, 2.45) is 0 Å². The van der Waals surface area contributed by atoms with Crippen molar-refractivity contribution in [2.75, 3.05) is 0 Å². The van der Waals surface area contributed by atoms with E-state index in [0.29, 0.717) is 0 Å². The molecule has 0 bridgehead atoms. The van der Waals surface area contributed by atoms with Gasteiger partial charge in [-0.1, -0.05) is 31.0 Å². The summed E-state index contributed by atoms with van der Waals surface area (Å²) in [6.45, 7) is 7.41. The summed E-state index contributed by atoms with van der Waals surface area (Å²) in [5.41, 5.74) is 0. The number of rotatable bonds is 2. The molecule has 0 saturated heterocycles. The van der Waals surface area contributed by atoms with Crippen LogP contribution in [0.5, 0.6) is 5.75 Å². The van der Waals surface area contributed by atoms with Crippen LogP contribution in [-0.2, 0) is 0 Å². The molecular formula is C11H9NOS. The van der Waals surface area contributed by atoms with Crippen molar-refractivity contribution < 1.29 is 4.74 Å². The van der Waals surface area contributed by atoms with Crippen LogP contribution in [0, 0.1) is 0 Å². The lowest BCUT2D eigenvalue weighted by Crippen LogP contribution is -2.02. The Morgan fingerprint density at radius 3 is 2.93 bits per heavy atom. The first-order valence-electron chi connectivity index (χ1n) is 4.15. The first kappa shape index (κ1) is 9.09. The van der Waals surface area contributed by atoms with Gasteiger partial charge in [0.1, 0.15) is 10.8 Å². The van der Waals surface area contributed by atoms with Gasteiger partial charge in [0.25, 0.3) is 0 Å². The molecule has 0 aliphatic carbocycles. The predicted octanol–water partition coefficient (Wildman–Crippen LogP) is 3.15. The molecule has 0 saturated carbocycles. The van der Waals surface area contributed by atoms with Gasteiger partial charge in [-0.2, -0.15) is 0 Å². The summed E-state index contributed by atoms with van der Waals surface area (Å²) in [6.07, 6.45) is 5.17. The van der Waals surface area contributed by atoms with Gasteiger partial charge in [0.05, 0.1) is 4.91 Å². The van der Waals surface area contributed by atoms with Gasteiger partial charge in [-0.15, -0.1) is 0 Å². The Morgan fingerprint density at radius 1 is 1.36 bits per heavy atom. The molecule has 14 heavy (non-hydrogen) atoms. The molecule has 0 spiro atoms. The van der Waals surface area contributed by atoms with Crippen LogP contribution in [0.4, 0.5) is 0 Å². The summed E-state index contributed by atoms with van der Waals surface area (Å²) in [4.78, 5) is 5.16. The van der Waals surface area contributed by atoms with Crippen molar-refractivity contribution in [3.8, 4) is 5.75 Å². The Labute approximate surface area is 87.0 Å². The number of fused-ring (bicyclic) bond motifs is 1. The van der Waals surface area contributed by atoms with Crippen LogP contribution in [0.1, 0.15) is 0 Å². The molecule has 2 rings (SSSR count). The molecular weight excluding hydrogens is 194 g/mol. The molecule has 2 heterocycles. The molecule has 0 radical (unpaired) electrons. The molecule has 2 nitrogen and oxygen atoms in total. The summed E-state index contributed by atoms with van der Waals surface area (Å²) in [5.74, 6) is 1.52. The van der Waals surface area contributed by atoms with Crippen molar-refractivity contribution in [3.63, 3.8) is 0 Å². The highest BCUT2D eigenvalue weighted by atomic mass is 32.2. The van der Waals surface area contributed by atoms with E-state index in [1.807, 2.05) is 12.1 Å². The fraction of sp³-hybridized carbons (Fsp3) is 0. The zero-order chi connectivity index (χ0) is 9.97. The Hall–Kier alpha value is -1.48. The Morgan fingerprint density at radius 2 is 2.21 bits per heavy atom. The molecule has 0 N–H and O–H groups in total. The molecule has 1 aliphatic rings. The first-order valence-corrected chi connectivity index (χ1v) is 4.96. The van der Waals surface area contributed by atoms with E-state index in [-0.39, 0.29) is 0 Å². The number of nitrogens with zero attached hydrogens (tertiary/aromatic N) is 1. The summed E-state index contributed by atoms with van der Waals surface area (Å²) in [6, 6.07) is 3.73. The molecule has 0 unspecified atom stereocenters. The van der Waals surface area contributed by atoms with Crippen LogP contribution in [0.3, 0.4) is 0 Å². The van der Waals surface area contributed by atoms with Crippen molar-refractivity contribution in [1.29, 1.82) is 0 Å². The number of pyridine rings is 1. The Kier molecular flexibility index (Phi) is 2.41. The zero-order valence-electron chi connectivity index (χ0n) is 7.56.